The first-order valence-electron chi connectivity index (χ1n) is 8.81. The van der Waals surface area contributed by atoms with Crippen LogP contribution in [0.3, 0.4) is 0 Å². The standard InChI is InChI=1S/C23H17FN2O2/c24-21-9-7-18(8-10-21)17-3-5-19(6-4-17)23(27)26-14-16-12-20(15-25-13-16)22-2-1-11-28-22/h1-13,15H,14H2,(H,26,27). The molecule has 0 spiro atoms. The number of halogens is 1. The van der Waals surface area contributed by atoms with Crippen molar-refractivity contribution in [3.63, 3.8) is 0 Å². The summed E-state index contributed by atoms with van der Waals surface area (Å²) in [5.74, 6) is 0.288. The van der Waals surface area contributed by atoms with E-state index in [1.165, 1.54) is 12.1 Å². The lowest BCUT2D eigenvalue weighted by Crippen LogP contribution is -2.22. The van der Waals surface area contributed by atoms with Crippen molar-refractivity contribution < 1.29 is 13.6 Å². The molecule has 1 N–H and O–H groups in total. The Bertz CT molecular complexity index is 1070. The van der Waals surface area contributed by atoms with Crippen molar-refractivity contribution in [3.8, 4) is 22.5 Å². The second-order valence-electron chi connectivity index (χ2n) is 6.33. The Kier molecular flexibility index (Phi) is 4.97. The number of amides is 1. The van der Waals surface area contributed by atoms with Gasteiger partial charge in [0.2, 0.25) is 0 Å². The monoisotopic (exact) mass is 372 g/mol. The van der Waals surface area contributed by atoms with Gasteiger partial charge in [0, 0.05) is 30.1 Å². The van der Waals surface area contributed by atoms with E-state index in [4.69, 9.17) is 4.42 Å². The van der Waals surface area contributed by atoms with E-state index in [0.717, 1.165) is 28.0 Å². The van der Waals surface area contributed by atoms with Gasteiger partial charge in [0.1, 0.15) is 11.6 Å². The van der Waals surface area contributed by atoms with Gasteiger partial charge in [-0.25, -0.2) is 4.39 Å². The van der Waals surface area contributed by atoms with Crippen LogP contribution in [-0.4, -0.2) is 10.9 Å². The summed E-state index contributed by atoms with van der Waals surface area (Å²) in [6, 6.07) is 19.1. The number of nitrogens with one attached hydrogen (secondary N) is 1. The Balaban J connectivity index is 1.41. The highest BCUT2D eigenvalue weighted by Gasteiger charge is 2.08. The van der Waals surface area contributed by atoms with Crippen LogP contribution in [0.5, 0.6) is 0 Å². The number of benzene rings is 2. The molecule has 0 saturated heterocycles. The van der Waals surface area contributed by atoms with E-state index in [0.29, 0.717) is 12.1 Å². The number of aromatic nitrogens is 1. The van der Waals surface area contributed by atoms with Crippen molar-refractivity contribution in [1.29, 1.82) is 0 Å². The van der Waals surface area contributed by atoms with E-state index in [2.05, 4.69) is 10.3 Å². The van der Waals surface area contributed by atoms with E-state index in [1.807, 2.05) is 30.3 Å². The fourth-order valence-electron chi connectivity index (χ4n) is 2.90. The number of nitrogens with zero attached hydrogens (tertiary/aromatic N) is 1. The lowest BCUT2D eigenvalue weighted by atomic mass is 10.0. The summed E-state index contributed by atoms with van der Waals surface area (Å²) in [5.41, 5.74) is 4.12. The fraction of sp³-hybridized carbons (Fsp3) is 0.0435. The summed E-state index contributed by atoms with van der Waals surface area (Å²) in [4.78, 5) is 16.6. The molecule has 0 bridgehead atoms. The molecule has 138 valence electrons. The summed E-state index contributed by atoms with van der Waals surface area (Å²) >= 11 is 0. The van der Waals surface area contributed by atoms with Crippen LogP contribution in [0.4, 0.5) is 4.39 Å². The summed E-state index contributed by atoms with van der Waals surface area (Å²) in [7, 11) is 0. The minimum Gasteiger partial charge on any atom is -0.464 e. The molecule has 0 aliphatic carbocycles. The van der Waals surface area contributed by atoms with Crippen molar-refractivity contribution in [2.24, 2.45) is 0 Å². The van der Waals surface area contributed by atoms with Gasteiger partial charge in [-0.05, 0) is 59.2 Å². The van der Waals surface area contributed by atoms with Gasteiger partial charge in [-0.15, -0.1) is 0 Å². The maximum absolute atomic E-state index is 13.0. The normalized spacial score (nSPS) is 10.6. The van der Waals surface area contributed by atoms with Crippen molar-refractivity contribution in [1.82, 2.24) is 10.3 Å². The molecular weight excluding hydrogens is 355 g/mol. The number of carbonyl (C=O) groups excluding carboxylic acids is 1. The molecule has 5 heteroatoms. The number of hydrogen-bond donors (Lipinski definition) is 1. The molecule has 1 amide bonds. The van der Waals surface area contributed by atoms with Gasteiger partial charge in [0.25, 0.3) is 5.91 Å². The molecule has 0 fully saturated rings. The third-order valence-corrected chi connectivity index (χ3v) is 4.38. The molecule has 0 radical (unpaired) electrons. The van der Waals surface area contributed by atoms with Gasteiger partial charge >= 0.3 is 0 Å². The number of pyridine rings is 1. The van der Waals surface area contributed by atoms with E-state index in [9.17, 15) is 9.18 Å². The summed E-state index contributed by atoms with van der Waals surface area (Å²) in [5, 5.41) is 2.90. The maximum atomic E-state index is 13.0. The molecule has 2 heterocycles. The van der Waals surface area contributed by atoms with Gasteiger partial charge in [-0.2, -0.15) is 0 Å². The van der Waals surface area contributed by atoms with Crippen LogP contribution >= 0.6 is 0 Å². The second-order valence-corrected chi connectivity index (χ2v) is 6.33. The van der Waals surface area contributed by atoms with E-state index in [1.54, 1.807) is 42.9 Å². The van der Waals surface area contributed by atoms with Crippen LogP contribution in [0.25, 0.3) is 22.5 Å². The van der Waals surface area contributed by atoms with Gasteiger partial charge in [-0.1, -0.05) is 24.3 Å². The zero-order chi connectivity index (χ0) is 19.3. The van der Waals surface area contributed by atoms with Crippen molar-refractivity contribution in [2.75, 3.05) is 0 Å². The van der Waals surface area contributed by atoms with Gasteiger partial charge in [-0.3, -0.25) is 9.78 Å². The van der Waals surface area contributed by atoms with Gasteiger partial charge in [0.15, 0.2) is 0 Å². The smallest absolute Gasteiger partial charge is 0.251 e. The molecule has 2 aromatic carbocycles. The molecule has 0 atom stereocenters. The molecular formula is C23H17FN2O2. The zero-order valence-corrected chi connectivity index (χ0v) is 14.9. The molecule has 28 heavy (non-hydrogen) atoms. The van der Waals surface area contributed by atoms with Crippen LogP contribution < -0.4 is 5.32 Å². The minimum absolute atomic E-state index is 0.172. The molecule has 0 unspecified atom stereocenters. The number of furan rings is 1. The Labute approximate surface area is 161 Å². The highest BCUT2D eigenvalue weighted by atomic mass is 19.1. The average molecular weight is 372 g/mol. The van der Waals surface area contributed by atoms with Crippen LogP contribution in [0.15, 0.2) is 89.8 Å². The Morgan fingerprint density at radius 2 is 1.64 bits per heavy atom. The summed E-state index contributed by atoms with van der Waals surface area (Å²) in [6.45, 7) is 0.361. The first-order chi connectivity index (χ1) is 13.7. The van der Waals surface area contributed by atoms with Gasteiger partial charge in [0.05, 0.1) is 6.26 Å². The van der Waals surface area contributed by atoms with Crippen LogP contribution in [-0.2, 0) is 6.54 Å². The predicted molar refractivity (Wildman–Crippen MR) is 105 cm³/mol. The molecule has 2 aromatic heterocycles. The lowest BCUT2D eigenvalue weighted by molar-refractivity contribution is 0.0951. The summed E-state index contributed by atoms with van der Waals surface area (Å²) < 4.78 is 18.4. The minimum atomic E-state index is -0.273. The molecule has 0 aliphatic rings. The highest BCUT2D eigenvalue weighted by Crippen LogP contribution is 2.21. The SMILES string of the molecule is O=C(NCc1cncc(-c2ccco2)c1)c1ccc(-c2ccc(F)cc2)cc1. The van der Waals surface area contributed by atoms with Crippen LogP contribution in [0, 0.1) is 5.82 Å². The Morgan fingerprint density at radius 3 is 2.32 bits per heavy atom. The predicted octanol–water partition coefficient (Wildman–Crippen LogP) is 5.08. The molecule has 4 aromatic rings. The summed E-state index contributed by atoms with van der Waals surface area (Å²) in [6.07, 6.45) is 5.04. The van der Waals surface area contributed by atoms with Gasteiger partial charge < -0.3 is 9.73 Å². The molecule has 4 nitrogen and oxygen atoms in total. The molecule has 0 saturated carbocycles. The molecule has 0 aliphatic heterocycles. The molecule has 4 rings (SSSR count). The zero-order valence-electron chi connectivity index (χ0n) is 14.9. The lowest BCUT2D eigenvalue weighted by Gasteiger charge is -2.07. The topological polar surface area (TPSA) is 55.1 Å². The maximum Gasteiger partial charge on any atom is 0.251 e. The quantitative estimate of drug-likeness (QED) is 0.532. The second kappa shape index (κ2) is 7.88. The number of carbonyl (C=O) groups is 1. The highest BCUT2D eigenvalue weighted by molar-refractivity contribution is 5.94. The third kappa shape index (κ3) is 3.99. The third-order valence-electron chi connectivity index (χ3n) is 4.38. The van der Waals surface area contributed by atoms with Crippen molar-refractivity contribution in [3.05, 3.63) is 102 Å². The average Bonchev–Trinajstić information content (AvgIpc) is 3.28. The van der Waals surface area contributed by atoms with Crippen LogP contribution in [0.1, 0.15) is 15.9 Å². The largest absolute Gasteiger partial charge is 0.464 e. The first-order valence-corrected chi connectivity index (χ1v) is 8.81. The first kappa shape index (κ1) is 17.7. The van der Waals surface area contributed by atoms with E-state index < -0.39 is 0 Å². The van der Waals surface area contributed by atoms with Crippen LogP contribution in [0.2, 0.25) is 0 Å². The van der Waals surface area contributed by atoms with Crippen molar-refractivity contribution in [2.45, 2.75) is 6.54 Å². The number of rotatable bonds is 5. The number of hydrogen-bond acceptors (Lipinski definition) is 3. The Hall–Kier alpha value is -3.73. The Morgan fingerprint density at radius 1 is 0.929 bits per heavy atom. The van der Waals surface area contributed by atoms with E-state index in [-0.39, 0.29) is 11.7 Å². The van der Waals surface area contributed by atoms with E-state index >= 15 is 0 Å². The van der Waals surface area contributed by atoms with Crippen molar-refractivity contribution >= 4 is 5.91 Å². The fourth-order valence-corrected chi connectivity index (χ4v) is 2.90.